The van der Waals surface area contributed by atoms with Crippen LogP contribution in [0.2, 0.25) is 0 Å². The molecule has 1 atom stereocenters. The van der Waals surface area contributed by atoms with E-state index in [2.05, 4.69) is 13.8 Å². The van der Waals surface area contributed by atoms with Crippen LogP contribution in [-0.4, -0.2) is 17.8 Å². The van der Waals surface area contributed by atoms with Crippen molar-refractivity contribution in [1.82, 2.24) is 0 Å². The van der Waals surface area contributed by atoms with Crippen LogP contribution < -0.4 is 4.74 Å². The zero-order chi connectivity index (χ0) is 10.4. The molecular weight excluding hydrogens is 176 g/mol. The fourth-order valence-corrected chi connectivity index (χ4v) is 1.32. The molecule has 0 saturated carbocycles. The Labute approximate surface area is 85.5 Å². The highest BCUT2D eigenvalue weighted by atomic mass is 16.5. The van der Waals surface area contributed by atoms with Crippen LogP contribution >= 0.6 is 0 Å². The third-order valence-corrected chi connectivity index (χ3v) is 1.93. The van der Waals surface area contributed by atoms with Gasteiger partial charge in [0.25, 0.3) is 0 Å². The minimum absolute atomic E-state index is 0.366. The summed E-state index contributed by atoms with van der Waals surface area (Å²) < 4.78 is 5.42. The Hall–Kier alpha value is -1.02. The fourth-order valence-electron chi connectivity index (χ4n) is 1.32. The molecule has 0 amide bonds. The van der Waals surface area contributed by atoms with Crippen LogP contribution in [0.1, 0.15) is 20.3 Å². The zero-order valence-corrected chi connectivity index (χ0v) is 8.81. The summed E-state index contributed by atoms with van der Waals surface area (Å²) in [5.74, 6) is 1.32. The lowest BCUT2D eigenvalue weighted by molar-refractivity contribution is 0.0893. The third kappa shape index (κ3) is 4.28. The van der Waals surface area contributed by atoms with Gasteiger partial charge in [0.15, 0.2) is 0 Å². The summed E-state index contributed by atoms with van der Waals surface area (Å²) >= 11 is 0. The number of hydrogen-bond acceptors (Lipinski definition) is 2. The Morgan fingerprint density at radius 2 is 1.86 bits per heavy atom. The van der Waals surface area contributed by atoms with E-state index in [1.165, 1.54) is 0 Å². The highest BCUT2D eigenvalue weighted by Gasteiger charge is 2.07. The van der Waals surface area contributed by atoms with Gasteiger partial charge in [-0.2, -0.15) is 0 Å². The molecule has 0 saturated heterocycles. The van der Waals surface area contributed by atoms with Crippen LogP contribution in [0.3, 0.4) is 0 Å². The SMILES string of the molecule is CC(C)CC(O)COc1ccccc1. The predicted octanol–water partition coefficient (Wildman–Crippen LogP) is 2.47. The molecule has 1 N–H and O–H groups in total. The molecule has 1 aromatic rings. The molecule has 0 aliphatic rings. The number of aliphatic hydroxyl groups excluding tert-OH is 1. The van der Waals surface area contributed by atoms with Crippen LogP contribution in [0, 0.1) is 5.92 Å². The molecule has 1 aromatic carbocycles. The Morgan fingerprint density at radius 1 is 1.21 bits per heavy atom. The van der Waals surface area contributed by atoms with E-state index in [-0.39, 0.29) is 6.10 Å². The van der Waals surface area contributed by atoms with E-state index in [0.29, 0.717) is 12.5 Å². The summed E-state index contributed by atoms with van der Waals surface area (Å²) in [6.07, 6.45) is 0.419. The van der Waals surface area contributed by atoms with E-state index in [4.69, 9.17) is 4.74 Å². The van der Waals surface area contributed by atoms with Gasteiger partial charge in [0.1, 0.15) is 12.4 Å². The Balaban J connectivity index is 2.27. The standard InChI is InChI=1S/C12H18O2/c1-10(2)8-11(13)9-14-12-6-4-3-5-7-12/h3-7,10-11,13H,8-9H2,1-2H3. The van der Waals surface area contributed by atoms with Gasteiger partial charge in [-0.05, 0) is 24.5 Å². The topological polar surface area (TPSA) is 29.5 Å². The van der Waals surface area contributed by atoms with Gasteiger partial charge in [-0.15, -0.1) is 0 Å². The van der Waals surface area contributed by atoms with Gasteiger partial charge in [-0.25, -0.2) is 0 Å². The van der Waals surface area contributed by atoms with Crippen molar-refractivity contribution in [1.29, 1.82) is 0 Å². The predicted molar refractivity (Wildman–Crippen MR) is 57.4 cm³/mol. The van der Waals surface area contributed by atoms with E-state index < -0.39 is 0 Å². The molecular formula is C12H18O2. The highest BCUT2D eigenvalue weighted by Crippen LogP contribution is 2.10. The van der Waals surface area contributed by atoms with Crippen molar-refractivity contribution in [3.8, 4) is 5.75 Å². The first-order valence-electron chi connectivity index (χ1n) is 5.04. The lowest BCUT2D eigenvalue weighted by atomic mass is 10.1. The number of hydrogen-bond donors (Lipinski definition) is 1. The first-order valence-corrected chi connectivity index (χ1v) is 5.04. The quantitative estimate of drug-likeness (QED) is 0.780. The van der Waals surface area contributed by atoms with Crippen molar-refractivity contribution < 1.29 is 9.84 Å². The molecule has 0 radical (unpaired) electrons. The van der Waals surface area contributed by atoms with Gasteiger partial charge in [0.2, 0.25) is 0 Å². The average Bonchev–Trinajstić information content (AvgIpc) is 2.15. The molecule has 2 heteroatoms. The first-order chi connectivity index (χ1) is 6.68. The van der Waals surface area contributed by atoms with E-state index in [1.54, 1.807) is 0 Å². The van der Waals surface area contributed by atoms with Crippen LogP contribution in [-0.2, 0) is 0 Å². The molecule has 0 bridgehead atoms. The molecule has 78 valence electrons. The van der Waals surface area contributed by atoms with Crippen LogP contribution in [0.4, 0.5) is 0 Å². The number of aliphatic hydroxyl groups is 1. The summed E-state index contributed by atoms with van der Waals surface area (Å²) in [5, 5.41) is 9.56. The van der Waals surface area contributed by atoms with E-state index in [1.807, 2.05) is 30.3 Å². The Kier molecular flexibility index (Phi) is 4.47. The summed E-state index contributed by atoms with van der Waals surface area (Å²) in [4.78, 5) is 0. The summed E-state index contributed by atoms with van der Waals surface area (Å²) in [6, 6.07) is 9.57. The monoisotopic (exact) mass is 194 g/mol. The molecule has 14 heavy (non-hydrogen) atoms. The minimum Gasteiger partial charge on any atom is -0.491 e. The maximum Gasteiger partial charge on any atom is 0.119 e. The fraction of sp³-hybridized carbons (Fsp3) is 0.500. The van der Waals surface area contributed by atoms with Gasteiger partial charge in [-0.3, -0.25) is 0 Å². The highest BCUT2D eigenvalue weighted by molar-refractivity contribution is 5.20. The molecule has 0 aromatic heterocycles. The van der Waals surface area contributed by atoms with Crippen molar-refractivity contribution in [2.24, 2.45) is 5.92 Å². The van der Waals surface area contributed by atoms with Gasteiger partial charge < -0.3 is 9.84 Å². The third-order valence-electron chi connectivity index (χ3n) is 1.93. The second kappa shape index (κ2) is 5.66. The normalized spacial score (nSPS) is 12.9. The van der Waals surface area contributed by atoms with Crippen molar-refractivity contribution >= 4 is 0 Å². The van der Waals surface area contributed by atoms with Crippen LogP contribution in [0.25, 0.3) is 0 Å². The second-order valence-electron chi connectivity index (χ2n) is 3.91. The van der Waals surface area contributed by atoms with Gasteiger partial charge in [0.05, 0.1) is 6.10 Å². The largest absolute Gasteiger partial charge is 0.491 e. The molecule has 2 nitrogen and oxygen atoms in total. The lowest BCUT2D eigenvalue weighted by Gasteiger charge is -2.13. The summed E-state index contributed by atoms with van der Waals surface area (Å²) in [7, 11) is 0. The first kappa shape index (κ1) is 11.1. The van der Waals surface area contributed by atoms with E-state index >= 15 is 0 Å². The van der Waals surface area contributed by atoms with E-state index in [0.717, 1.165) is 12.2 Å². The second-order valence-corrected chi connectivity index (χ2v) is 3.91. The van der Waals surface area contributed by atoms with Gasteiger partial charge >= 0.3 is 0 Å². The Morgan fingerprint density at radius 3 is 2.43 bits per heavy atom. The number of benzene rings is 1. The van der Waals surface area contributed by atoms with Crippen molar-refractivity contribution in [2.75, 3.05) is 6.61 Å². The molecule has 1 unspecified atom stereocenters. The zero-order valence-electron chi connectivity index (χ0n) is 8.81. The van der Waals surface area contributed by atoms with Crippen molar-refractivity contribution in [2.45, 2.75) is 26.4 Å². The molecule has 0 aliphatic heterocycles. The Bertz CT molecular complexity index is 244. The van der Waals surface area contributed by atoms with Crippen LogP contribution in [0.15, 0.2) is 30.3 Å². The maximum absolute atomic E-state index is 9.56. The van der Waals surface area contributed by atoms with E-state index in [9.17, 15) is 5.11 Å². The van der Waals surface area contributed by atoms with Crippen LogP contribution in [0.5, 0.6) is 5.75 Å². The maximum atomic E-state index is 9.56. The molecule has 0 spiro atoms. The van der Waals surface area contributed by atoms with Crippen molar-refractivity contribution in [3.05, 3.63) is 30.3 Å². The lowest BCUT2D eigenvalue weighted by Crippen LogP contribution is -2.19. The molecule has 0 fully saturated rings. The number of ether oxygens (including phenoxy) is 1. The molecule has 0 heterocycles. The smallest absolute Gasteiger partial charge is 0.119 e. The van der Waals surface area contributed by atoms with Gasteiger partial charge in [0, 0.05) is 0 Å². The van der Waals surface area contributed by atoms with Gasteiger partial charge in [-0.1, -0.05) is 32.0 Å². The summed E-state index contributed by atoms with van der Waals surface area (Å²) in [5.41, 5.74) is 0. The van der Waals surface area contributed by atoms with Crippen molar-refractivity contribution in [3.63, 3.8) is 0 Å². The molecule has 1 rings (SSSR count). The molecule has 0 aliphatic carbocycles. The minimum atomic E-state index is -0.366. The summed E-state index contributed by atoms with van der Waals surface area (Å²) in [6.45, 7) is 4.56. The number of para-hydroxylation sites is 1. The number of rotatable bonds is 5. The average molecular weight is 194 g/mol.